The minimum atomic E-state index is -1.42. The Kier molecular flexibility index (Phi) is 13.5. The number of aliphatic hydroxyl groups excluding tert-OH is 1. The van der Waals surface area contributed by atoms with Crippen molar-refractivity contribution in [1.82, 2.24) is 0 Å². The molecule has 6 heteroatoms. The fraction of sp³-hybridized carbons (Fsp3) is 1.00. The van der Waals surface area contributed by atoms with E-state index in [4.69, 9.17) is 14.9 Å². The molecule has 0 aliphatic carbocycles. The molecule has 0 aromatic rings. The molecule has 0 fully saturated rings. The predicted octanol–water partition coefficient (Wildman–Crippen LogP) is -0.413. The molecule has 0 saturated carbocycles. The summed E-state index contributed by atoms with van der Waals surface area (Å²) in [5.74, 6) is -1.42. The first kappa shape index (κ1) is 17.2. The second-order valence-electron chi connectivity index (χ2n) is 2.63. The second kappa shape index (κ2) is 11.8. The van der Waals surface area contributed by atoms with Crippen molar-refractivity contribution in [2.45, 2.75) is 12.9 Å². The lowest BCUT2D eigenvalue weighted by atomic mass is 10.7. The Bertz CT molecular complexity index is 105. The van der Waals surface area contributed by atoms with E-state index in [1.54, 1.807) is 7.11 Å². The highest BCUT2D eigenvalue weighted by Gasteiger charge is 2.15. The van der Waals surface area contributed by atoms with Crippen LogP contribution in [0.25, 0.3) is 0 Å². The van der Waals surface area contributed by atoms with Crippen LogP contribution in [0.4, 0.5) is 0 Å². The molecule has 0 aliphatic heterocycles. The van der Waals surface area contributed by atoms with Crippen molar-refractivity contribution >= 4 is 0 Å². The Morgan fingerprint density at radius 1 is 1.00 bits per heavy atom. The van der Waals surface area contributed by atoms with Gasteiger partial charge in [0.05, 0.1) is 26.4 Å². The van der Waals surface area contributed by atoms with Crippen LogP contribution in [0.3, 0.4) is 0 Å². The highest BCUT2D eigenvalue weighted by atomic mass is 16.8. The standard InChI is InChI=1S/C5H12O3.C4H10O3/c1-7-4-5-8-3-2-6;1-4(5,6-2)7-3/h6H,2-5H2,1H3;5H,1-3H3. The first-order valence-electron chi connectivity index (χ1n) is 4.54. The summed E-state index contributed by atoms with van der Waals surface area (Å²) in [6.07, 6.45) is 0. The molecular weight excluding hydrogens is 204 g/mol. The fourth-order valence-electron chi connectivity index (χ4n) is 0.392. The van der Waals surface area contributed by atoms with Crippen molar-refractivity contribution in [2.24, 2.45) is 0 Å². The van der Waals surface area contributed by atoms with Crippen molar-refractivity contribution in [2.75, 3.05) is 47.8 Å². The van der Waals surface area contributed by atoms with E-state index in [9.17, 15) is 0 Å². The molecule has 94 valence electrons. The number of ether oxygens (including phenoxy) is 4. The molecule has 0 rings (SSSR count). The number of hydrogen-bond donors (Lipinski definition) is 2. The maximum atomic E-state index is 8.69. The quantitative estimate of drug-likeness (QED) is 0.454. The lowest BCUT2D eigenvalue weighted by molar-refractivity contribution is -0.326. The third kappa shape index (κ3) is 16.4. The predicted molar refractivity (Wildman–Crippen MR) is 54.4 cm³/mol. The van der Waals surface area contributed by atoms with E-state index in [0.717, 1.165) is 0 Å². The van der Waals surface area contributed by atoms with E-state index in [0.29, 0.717) is 19.8 Å². The highest BCUT2D eigenvalue weighted by molar-refractivity contribution is 4.33. The fourth-order valence-corrected chi connectivity index (χ4v) is 0.392. The summed E-state index contributed by atoms with van der Waals surface area (Å²) < 4.78 is 18.4. The minimum absolute atomic E-state index is 0.0870. The Morgan fingerprint density at radius 2 is 1.53 bits per heavy atom. The van der Waals surface area contributed by atoms with E-state index in [1.165, 1.54) is 21.1 Å². The summed E-state index contributed by atoms with van der Waals surface area (Å²) >= 11 is 0. The molecule has 0 bridgehead atoms. The maximum Gasteiger partial charge on any atom is 0.276 e. The third-order valence-electron chi connectivity index (χ3n) is 1.42. The molecule has 2 N–H and O–H groups in total. The van der Waals surface area contributed by atoms with Gasteiger partial charge in [-0.1, -0.05) is 0 Å². The number of hydrogen-bond acceptors (Lipinski definition) is 6. The average Bonchev–Trinajstić information content (AvgIpc) is 2.25. The van der Waals surface area contributed by atoms with Crippen LogP contribution in [0, 0.1) is 0 Å². The van der Waals surface area contributed by atoms with Gasteiger partial charge in [-0.15, -0.1) is 0 Å². The van der Waals surface area contributed by atoms with Crippen LogP contribution in [-0.2, 0) is 18.9 Å². The van der Waals surface area contributed by atoms with Crippen molar-refractivity contribution < 1.29 is 29.2 Å². The topological polar surface area (TPSA) is 77.4 Å². The van der Waals surface area contributed by atoms with Crippen molar-refractivity contribution in [3.8, 4) is 0 Å². The normalized spacial score (nSPS) is 10.8. The molecule has 0 heterocycles. The summed E-state index contributed by atoms with van der Waals surface area (Å²) in [6, 6.07) is 0. The van der Waals surface area contributed by atoms with Crippen LogP contribution in [0.15, 0.2) is 0 Å². The average molecular weight is 226 g/mol. The van der Waals surface area contributed by atoms with Crippen LogP contribution >= 0.6 is 0 Å². The monoisotopic (exact) mass is 226 g/mol. The molecule has 0 unspecified atom stereocenters. The van der Waals surface area contributed by atoms with Crippen LogP contribution in [0.1, 0.15) is 6.92 Å². The summed E-state index contributed by atoms with van der Waals surface area (Å²) in [4.78, 5) is 0. The van der Waals surface area contributed by atoms with E-state index in [-0.39, 0.29) is 6.61 Å². The van der Waals surface area contributed by atoms with Gasteiger partial charge in [0.2, 0.25) is 0 Å². The van der Waals surface area contributed by atoms with Gasteiger partial charge in [0.15, 0.2) is 0 Å². The summed E-state index contributed by atoms with van der Waals surface area (Å²) in [7, 11) is 4.34. The van der Waals surface area contributed by atoms with Gasteiger partial charge in [0.25, 0.3) is 5.97 Å². The summed E-state index contributed by atoms with van der Waals surface area (Å²) in [5.41, 5.74) is 0. The molecule has 6 nitrogen and oxygen atoms in total. The van der Waals surface area contributed by atoms with Crippen molar-refractivity contribution in [3.63, 3.8) is 0 Å². The summed E-state index contributed by atoms with van der Waals surface area (Å²) in [6.45, 7) is 3.07. The van der Waals surface area contributed by atoms with Crippen molar-refractivity contribution in [1.29, 1.82) is 0 Å². The minimum Gasteiger partial charge on any atom is -0.394 e. The van der Waals surface area contributed by atoms with Crippen LogP contribution in [-0.4, -0.2) is 63.9 Å². The van der Waals surface area contributed by atoms with Gasteiger partial charge >= 0.3 is 0 Å². The zero-order chi connectivity index (χ0) is 12.2. The zero-order valence-electron chi connectivity index (χ0n) is 9.86. The van der Waals surface area contributed by atoms with Gasteiger partial charge in [-0.25, -0.2) is 0 Å². The third-order valence-corrected chi connectivity index (χ3v) is 1.42. The Labute approximate surface area is 90.7 Å². The van der Waals surface area contributed by atoms with Crippen LogP contribution < -0.4 is 0 Å². The highest BCUT2D eigenvalue weighted by Crippen LogP contribution is 2.01. The van der Waals surface area contributed by atoms with E-state index in [1.807, 2.05) is 0 Å². The molecular formula is C9H22O6. The molecule has 0 saturated heterocycles. The number of rotatable bonds is 7. The molecule has 0 spiro atoms. The van der Waals surface area contributed by atoms with Crippen LogP contribution in [0.5, 0.6) is 0 Å². The molecule has 0 radical (unpaired) electrons. The maximum absolute atomic E-state index is 8.69. The molecule has 0 aromatic carbocycles. The smallest absolute Gasteiger partial charge is 0.276 e. The number of aliphatic hydroxyl groups is 2. The summed E-state index contributed by atoms with van der Waals surface area (Å²) in [5, 5.41) is 16.9. The van der Waals surface area contributed by atoms with Crippen molar-refractivity contribution in [3.05, 3.63) is 0 Å². The Morgan fingerprint density at radius 3 is 1.80 bits per heavy atom. The lowest BCUT2D eigenvalue weighted by Crippen LogP contribution is -2.28. The van der Waals surface area contributed by atoms with Gasteiger partial charge < -0.3 is 29.2 Å². The Balaban J connectivity index is 0. The van der Waals surface area contributed by atoms with Gasteiger partial charge in [-0.3, -0.25) is 0 Å². The first-order valence-corrected chi connectivity index (χ1v) is 4.54. The molecule has 15 heavy (non-hydrogen) atoms. The van der Waals surface area contributed by atoms with Gasteiger partial charge in [0, 0.05) is 28.3 Å². The van der Waals surface area contributed by atoms with Crippen LogP contribution in [0.2, 0.25) is 0 Å². The molecule has 0 aliphatic rings. The number of methoxy groups -OCH3 is 3. The SMILES string of the molecule is COC(C)(O)OC.COCCOCCO. The van der Waals surface area contributed by atoms with Gasteiger partial charge in [-0.2, -0.15) is 0 Å². The second-order valence-corrected chi connectivity index (χ2v) is 2.63. The first-order chi connectivity index (χ1) is 7.04. The lowest BCUT2D eigenvalue weighted by Gasteiger charge is -2.17. The van der Waals surface area contributed by atoms with E-state index < -0.39 is 5.97 Å². The Hall–Kier alpha value is -0.240. The zero-order valence-corrected chi connectivity index (χ0v) is 9.86. The molecule has 0 atom stereocenters. The molecule has 0 amide bonds. The van der Waals surface area contributed by atoms with E-state index >= 15 is 0 Å². The van der Waals surface area contributed by atoms with Gasteiger partial charge in [-0.05, 0) is 0 Å². The molecule has 0 aromatic heterocycles. The largest absolute Gasteiger partial charge is 0.394 e. The van der Waals surface area contributed by atoms with E-state index in [2.05, 4.69) is 14.2 Å². The van der Waals surface area contributed by atoms with Gasteiger partial charge in [0.1, 0.15) is 0 Å².